The minimum absolute atomic E-state index is 0.336. The molecule has 0 aliphatic carbocycles. The fourth-order valence-corrected chi connectivity index (χ4v) is 3.94. The van der Waals surface area contributed by atoms with E-state index in [1.165, 1.54) is 5.56 Å². The van der Waals surface area contributed by atoms with E-state index in [2.05, 4.69) is 65.7 Å². The molecule has 0 radical (unpaired) electrons. The van der Waals surface area contributed by atoms with Gasteiger partial charge in [0.15, 0.2) is 0 Å². The van der Waals surface area contributed by atoms with Gasteiger partial charge in [-0.2, -0.15) is 5.10 Å². The predicted molar refractivity (Wildman–Crippen MR) is 83.5 cm³/mol. The summed E-state index contributed by atoms with van der Waals surface area (Å²) >= 11 is 0. The third-order valence-electron chi connectivity index (χ3n) is 3.35. The molecular formula is C16H20N2Si. The summed E-state index contributed by atoms with van der Waals surface area (Å²) in [5.74, 6) is 2.82. The Balaban J connectivity index is 2.46. The fourth-order valence-electron chi connectivity index (χ4n) is 2.27. The number of hydrogen-bond donors (Lipinski definition) is 0. The second-order valence-corrected chi connectivity index (χ2v) is 11.2. The molecule has 0 saturated heterocycles. The summed E-state index contributed by atoms with van der Waals surface area (Å²) in [7, 11) is -1.42. The van der Waals surface area contributed by atoms with Crippen LogP contribution in [0.5, 0.6) is 0 Å². The van der Waals surface area contributed by atoms with Crippen LogP contribution >= 0.6 is 0 Å². The first-order chi connectivity index (χ1) is 9.04. The number of terminal acetylenes is 1. The third-order valence-corrected chi connectivity index (χ3v) is 5.79. The molecule has 2 aromatic rings. The number of nitrogens with zero attached hydrogens (tertiary/aromatic N) is 2. The van der Waals surface area contributed by atoms with Crippen molar-refractivity contribution in [3.8, 4) is 23.6 Å². The Bertz CT molecular complexity index is 573. The highest BCUT2D eigenvalue weighted by atomic mass is 28.3. The highest BCUT2D eigenvalue weighted by Gasteiger charge is 2.29. The van der Waals surface area contributed by atoms with E-state index in [0.717, 1.165) is 12.1 Å². The normalized spacial score (nSPS) is 12.9. The summed E-state index contributed by atoms with van der Waals surface area (Å²) in [6, 6.07) is 12.4. The van der Waals surface area contributed by atoms with Crippen molar-refractivity contribution in [2.45, 2.75) is 31.7 Å². The summed E-state index contributed by atoms with van der Waals surface area (Å²) in [5.41, 5.74) is 2.69. The molecule has 0 fully saturated rings. The predicted octanol–water partition coefficient (Wildman–Crippen LogP) is 3.99. The molecule has 0 N–H and O–H groups in total. The van der Waals surface area contributed by atoms with Gasteiger partial charge in [0.25, 0.3) is 0 Å². The molecule has 0 aliphatic rings. The molecule has 0 amide bonds. The molecule has 3 heteroatoms. The molecule has 0 aliphatic heterocycles. The van der Waals surface area contributed by atoms with Gasteiger partial charge in [-0.1, -0.05) is 50.0 Å². The quantitative estimate of drug-likeness (QED) is 0.605. The lowest BCUT2D eigenvalue weighted by molar-refractivity contribution is 0.586. The van der Waals surface area contributed by atoms with Crippen LogP contribution < -0.4 is 0 Å². The van der Waals surface area contributed by atoms with E-state index < -0.39 is 8.07 Å². The highest BCUT2D eigenvalue weighted by Crippen LogP contribution is 2.29. The molecule has 2 nitrogen and oxygen atoms in total. The Hall–Kier alpha value is -1.79. The maximum Gasteiger partial charge on any atom is 0.0745 e. The zero-order valence-electron chi connectivity index (χ0n) is 11.8. The van der Waals surface area contributed by atoms with Crippen LogP contribution in [0.1, 0.15) is 12.1 Å². The first kappa shape index (κ1) is 13.6. The van der Waals surface area contributed by atoms with Crippen molar-refractivity contribution < 1.29 is 0 Å². The maximum atomic E-state index is 5.55. The van der Waals surface area contributed by atoms with Crippen molar-refractivity contribution in [1.82, 2.24) is 9.78 Å². The lowest BCUT2D eigenvalue weighted by Gasteiger charge is -2.29. The van der Waals surface area contributed by atoms with Crippen LogP contribution in [0, 0.1) is 12.3 Å². The van der Waals surface area contributed by atoms with Crippen LogP contribution in [0.4, 0.5) is 0 Å². The molecule has 1 unspecified atom stereocenters. The molecule has 0 saturated carbocycles. The van der Waals surface area contributed by atoms with E-state index in [-0.39, 0.29) is 0 Å². The van der Waals surface area contributed by atoms with Crippen molar-refractivity contribution in [2.24, 2.45) is 0 Å². The van der Waals surface area contributed by atoms with Gasteiger partial charge in [0.1, 0.15) is 0 Å². The van der Waals surface area contributed by atoms with Crippen molar-refractivity contribution in [2.75, 3.05) is 0 Å². The van der Waals surface area contributed by atoms with E-state index >= 15 is 0 Å². The Morgan fingerprint density at radius 1 is 1.21 bits per heavy atom. The van der Waals surface area contributed by atoms with Crippen LogP contribution in [0.15, 0.2) is 42.6 Å². The zero-order chi connectivity index (χ0) is 13.9. The molecule has 2 rings (SSSR count). The Morgan fingerprint density at radius 3 is 2.47 bits per heavy atom. The van der Waals surface area contributed by atoms with Gasteiger partial charge in [0.2, 0.25) is 0 Å². The van der Waals surface area contributed by atoms with Gasteiger partial charge in [0.05, 0.1) is 19.4 Å². The van der Waals surface area contributed by atoms with Crippen LogP contribution in [0.3, 0.4) is 0 Å². The monoisotopic (exact) mass is 268 g/mol. The van der Waals surface area contributed by atoms with Crippen molar-refractivity contribution >= 4 is 8.07 Å². The number of rotatable bonds is 4. The minimum atomic E-state index is -1.42. The molecule has 1 aromatic carbocycles. The summed E-state index contributed by atoms with van der Waals surface area (Å²) in [6.45, 7) is 7.02. The highest BCUT2D eigenvalue weighted by molar-refractivity contribution is 6.76. The first-order valence-corrected chi connectivity index (χ1v) is 10.1. The summed E-state index contributed by atoms with van der Waals surface area (Å²) in [5, 5.41) is 4.53. The van der Waals surface area contributed by atoms with E-state index in [1.54, 1.807) is 0 Å². The fraction of sp³-hybridized carbons (Fsp3) is 0.312. The second-order valence-electron chi connectivity index (χ2n) is 5.82. The van der Waals surface area contributed by atoms with Crippen molar-refractivity contribution in [3.63, 3.8) is 0 Å². The number of aromatic nitrogens is 2. The van der Waals surface area contributed by atoms with Gasteiger partial charge >= 0.3 is 0 Å². The Labute approximate surface area is 116 Å². The standard InChI is InChI=1S/C16H20N2Si/c1-5-9-16(19(2,3)4)18-15(12-13-17-18)14-10-7-6-8-11-14/h1,6-8,10-13,16H,9H2,2-4H3. The van der Waals surface area contributed by atoms with Crippen LogP contribution in [0.25, 0.3) is 11.3 Å². The number of benzene rings is 1. The zero-order valence-corrected chi connectivity index (χ0v) is 12.8. The van der Waals surface area contributed by atoms with Crippen molar-refractivity contribution in [3.05, 3.63) is 42.6 Å². The lowest BCUT2D eigenvalue weighted by atomic mass is 10.1. The molecule has 1 aromatic heterocycles. The van der Waals surface area contributed by atoms with Gasteiger partial charge in [-0.15, -0.1) is 12.3 Å². The van der Waals surface area contributed by atoms with Crippen LogP contribution in [0.2, 0.25) is 19.6 Å². The second kappa shape index (κ2) is 5.46. The topological polar surface area (TPSA) is 17.8 Å². The molecule has 98 valence electrons. The molecule has 1 atom stereocenters. The van der Waals surface area contributed by atoms with Gasteiger partial charge in [-0.3, -0.25) is 4.68 Å². The maximum absolute atomic E-state index is 5.55. The van der Waals surface area contributed by atoms with E-state index in [1.807, 2.05) is 12.3 Å². The molecule has 1 heterocycles. The molecule has 19 heavy (non-hydrogen) atoms. The Morgan fingerprint density at radius 2 is 1.89 bits per heavy atom. The molecule has 0 spiro atoms. The van der Waals surface area contributed by atoms with Gasteiger partial charge in [-0.25, -0.2) is 0 Å². The minimum Gasteiger partial charge on any atom is -0.264 e. The average Bonchev–Trinajstić information content (AvgIpc) is 2.84. The summed E-state index contributed by atoms with van der Waals surface area (Å²) in [4.78, 5) is 0. The van der Waals surface area contributed by atoms with E-state index in [4.69, 9.17) is 6.42 Å². The average molecular weight is 268 g/mol. The van der Waals surface area contributed by atoms with Crippen LogP contribution in [-0.2, 0) is 0 Å². The smallest absolute Gasteiger partial charge is 0.0745 e. The lowest BCUT2D eigenvalue weighted by Crippen LogP contribution is -2.36. The Kier molecular flexibility index (Phi) is 3.92. The van der Waals surface area contributed by atoms with Gasteiger partial charge in [-0.05, 0) is 11.6 Å². The summed E-state index contributed by atoms with van der Waals surface area (Å²) in [6.07, 6.45) is 8.17. The SMILES string of the molecule is C#CCC(n1nccc1-c1ccccc1)[Si](C)(C)C. The number of hydrogen-bond acceptors (Lipinski definition) is 1. The van der Waals surface area contributed by atoms with Gasteiger partial charge < -0.3 is 0 Å². The first-order valence-electron chi connectivity index (χ1n) is 6.56. The van der Waals surface area contributed by atoms with Crippen molar-refractivity contribution in [1.29, 1.82) is 0 Å². The van der Waals surface area contributed by atoms with E-state index in [9.17, 15) is 0 Å². The van der Waals surface area contributed by atoms with E-state index in [0.29, 0.717) is 5.67 Å². The third kappa shape index (κ3) is 2.97. The van der Waals surface area contributed by atoms with Crippen LogP contribution in [-0.4, -0.2) is 17.9 Å². The molecular weight excluding hydrogens is 248 g/mol. The van der Waals surface area contributed by atoms with Gasteiger partial charge in [0, 0.05) is 12.6 Å². The summed E-state index contributed by atoms with van der Waals surface area (Å²) < 4.78 is 2.13. The molecule has 0 bridgehead atoms. The largest absolute Gasteiger partial charge is 0.264 e.